The first-order valence-corrected chi connectivity index (χ1v) is 11.9. The van der Waals surface area contributed by atoms with Crippen LogP contribution in [0.3, 0.4) is 0 Å². The normalized spacial score (nSPS) is 28.4. The van der Waals surface area contributed by atoms with Crippen LogP contribution in [-0.2, 0) is 9.98 Å². The maximum Gasteiger partial charge on any atom is 0.292 e. The maximum absolute atomic E-state index is 14.9. The lowest BCUT2D eigenvalue weighted by Gasteiger charge is -2.35. The fraction of sp³-hybridized carbons (Fsp3) is 0.348. The molecule has 0 saturated carbocycles. The lowest BCUT2D eigenvalue weighted by Crippen LogP contribution is -2.30. The molecular weight excluding hydrogens is 379 g/mol. The van der Waals surface area contributed by atoms with Crippen molar-refractivity contribution in [2.24, 2.45) is 5.10 Å². The van der Waals surface area contributed by atoms with Crippen LogP contribution in [0, 0.1) is 0 Å². The van der Waals surface area contributed by atoms with Gasteiger partial charge in [0.25, 0.3) is 7.44 Å². The van der Waals surface area contributed by atoms with Crippen LogP contribution in [-0.4, -0.2) is 31.0 Å². The number of nitrogens with zero attached hydrogens (tertiary/aromatic N) is 4. The molecule has 1 saturated heterocycles. The van der Waals surface area contributed by atoms with Gasteiger partial charge in [0.05, 0.1) is 17.2 Å². The number of likely N-dealkylation sites (N-methyl/N-ethyl adjacent to an activating group) is 1. The number of hydrogen-bond acceptors (Lipinski definition) is 3. The fourth-order valence-electron chi connectivity index (χ4n) is 5.04. The monoisotopic (exact) mass is 406 g/mol. The van der Waals surface area contributed by atoms with E-state index < -0.39 is 7.44 Å². The molecule has 5 nitrogen and oxygen atoms in total. The highest BCUT2D eigenvalue weighted by Gasteiger charge is 2.51. The zero-order valence-electron chi connectivity index (χ0n) is 17.2. The van der Waals surface area contributed by atoms with Gasteiger partial charge in [0.1, 0.15) is 0 Å². The van der Waals surface area contributed by atoms with Crippen LogP contribution in [0.1, 0.15) is 32.3 Å². The second kappa shape index (κ2) is 6.58. The van der Waals surface area contributed by atoms with Crippen molar-refractivity contribution in [1.82, 2.24) is 4.67 Å². The zero-order valence-corrected chi connectivity index (χ0v) is 18.1. The molecule has 0 amide bonds. The lowest BCUT2D eigenvalue weighted by molar-refractivity contribution is 0.478. The van der Waals surface area contributed by atoms with E-state index in [1.807, 2.05) is 36.5 Å². The van der Waals surface area contributed by atoms with E-state index in [2.05, 4.69) is 54.7 Å². The molecule has 0 aliphatic carbocycles. The number of fused-ring (bicyclic) bond motifs is 1. The van der Waals surface area contributed by atoms with Gasteiger partial charge in [-0.25, -0.2) is 4.67 Å². The minimum Gasteiger partial charge on any atom is -0.346 e. The van der Waals surface area contributed by atoms with Gasteiger partial charge in [0, 0.05) is 36.9 Å². The lowest BCUT2D eigenvalue weighted by atomic mass is 9.84. The average Bonchev–Trinajstić information content (AvgIpc) is 3.42. The molecule has 0 spiro atoms. The van der Waals surface area contributed by atoms with Crippen molar-refractivity contribution in [1.29, 1.82) is 0 Å². The Labute approximate surface area is 172 Å². The van der Waals surface area contributed by atoms with Gasteiger partial charge in [-0.15, -0.1) is 0 Å². The molecule has 1 atom stereocenters. The van der Waals surface area contributed by atoms with Crippen molar-refractivity contribution < 1.29 is 4.57 Å². The molecule has 2 aromatic carbocycles. The van der Waals surface area contributed by atoms with Crippen molar-refractivity contribution in [2.75, 3.05) is 29.8 Å². The molecule has 3 heterocycles. The van der Waals surface area contributed by atoms with E-state index in [-0.39, 0.29) is 5.41 Å². The molecule has 0 bridgehead atoms. The molecule has 5 rings (SSSR count). The van der Waals surface area contributed by atoms with Gasteiger partial charge in [0.2, 0.25) is 0 Å². The van der Waals surface area contributed by atoms with Gasteiger partial charge in [-0.3, -0.25) is 4.57 Å². The number of benzene rings is 2. The second-order valence-electron chi connectivity index (χ2n) is 8.51. The van der Waals surface area contributed by atoms with Crippen LogP contribution in [0.5, 0.6) is 0 Å². The van der Waals surface area contributed by atoms with Crippen LogP contribution < -0.4 is 9.68 Å². The predicted octanol–water partition coefficient (Wildman–Crippen LogP) is 5.42. The molecule has 0 N–H and O–H groups in total. The Kier molecular flexibility index (Phi) is 4.23. The van der Waals surface area contributed by atoms with Gasteiger partial charge in [-0.05, 0) is 36.6 Å². The summed E-state index contributed by atoms with van der Waals surface area (Å²) in [5.41, 5.74) is 4.18. The Morgan fingerprint density at radius 3 is 2.31 bits per heavy atom. The van der Waals surface area contributed by atoms with Crippen molar-refractivity contribution >= 4 is 25.0 Å². The molecule has 0 unspecified atom stereocenters. The molecule has 29 heavy (non-hydrogen) atoms. The van der Waals surface area contributed by atoms with Crippen molar-refractivity contribution in [3.05, 3.63) is 71.2 Å². The Morgan fingerprint density at radius 2 is 1.62 bits per heavy atom. The molecule has 3 aliphatic heterocycles. The number of para-hydroxylation sites is 2. The van der Waals surface area contributed by atoms with Crippen LogP contribution in [0.15, 0.2) is 70.7 Å². The number of allylic oxidation sites excluding steroid dienone is 2. The molecule has 6 heteroatoms. The van der Waals surface area contributed by atoms with E-state index in [0.29, 0.717) is 0 Å². The summed E-state index contributed by atoms with van der Waals surface area (Å²) in [4.78, 5) is 2.22. The van der Waals surface area contributed by atoms with E-state index >= 15 is 0 Å². The van der Waals surface area contributed by atoms with E-state index in [9.17, 15) is 4.57 Å². The molecule has 3 aliphatic rings. The highest BCUT2D eigenvalue weighted by molar-refractivity contribution is 7.69. The summed E-state index contributed by atoms with van der Waals surface area (Å²) in [6, 6.07) is 18.4. The standard InChI is InChI=1S/C23H27N4OP/c1-23(2)19-13-7-8-14-20(19)25(3)22(23)21-17-24-27(18-11-5-4-6-12-18)29(21,28)26-15-9-10-16-26/h4-8,11-14,17H,9-10,15-16H2,1-3H3/b22-21+/t29-/m1/s1. The van der Waals surface area contributed by atoms with Gasteiger partial charge in [-0.2, -0.15) is 9.88 Å². The van der Waals surface area contributed by atoms with E-state index in [0.717, 1.165) is 42.6 Å². The number of hydrazone groups is 1. The first-order valence-electron chi connectivity index (χ1n) is 10.3. The van der Waals surface area contributed by atoms with E-state index in [1.165, 1.54) is 11.3 Å². The number of rotatable bonds is 2. The van der Waals surface area contributed by atoms with E-state index in [4.69, 9.17) is 5.10 Å². The highest BCUT2D eigenvalue weighted by atomic mass is 31.2. The van der Waals surface area contributed by atoms with Crippen LogP contribution in [0.2, 0.25) is 0 Å². The molecule has 150 valence electrons. The summed E-state index contributed by atoms with van der Waals surface area (Å²) >= 11 is 0. The van der Waals surface area contributed by atoms with Crippen LogP contribution >= 0.6 is 7.44 Å². The molecule has 0 radical (unpaired) electrons. The zero-order chi connectivity index (χ0) is 20.2. The van der Waals surface area contributed by atoms with Crippen molar-refractivity contribution in [2.45, 2.75) is 32.1 Å². The summed E-state index contributed by atoms with van der Waals surface area (Å²) in [6.45, 7) is 6.14. The maximum atomic E-state index is 14.9. The first-order chi connectivity index (χ1) is 14.0. The van der Waals surface area contributed by atoms with Gasteiger partial charge < -0.3 is 4.90 Å². The SMILES string of the molecule is CN1/C(=C2\C=NN(c3ccccc3)[P@]2(=O)N2CCCC2)C(C)(C)c2ccccc21. The van der Waals surface area contributed by atoms with Gasteiger partial charge >= 0.3 is 0 Å². The Morgan fingerprint density at radius 1 is 0.966 bits per heavy atom. The van der Waals surface area contributed by atoms with Crippen LogP contribution in [0.4, 0.5) is 11.4 Å². The minimum absolute atomic E-state index is 0.241. The topological polar surface area (TPSA) is 39.1 Å². The number of anilines is 2. The van der Waals surface area contributed by atoms with Gasteiger partial charge in [-0.1, -0.05) is 50.2 Å². The quantitative estimate of drug-likeness (QED) is 0.624. The number of hydrogen-bond donors (Lipinski definition) is 0. The summed E-state index contributed by atoms with van der Waals surface area (Å²) < 4.78 is 18.8. The average molecular weight is 406 g/mol. The summed E-state index contributed by atoms with van der Waals surface area (Å²) in [7, 11) is -0.986. The van der Waals surface area contributed by atoms with Crippen molar-refractivity contribution in [3.63, 3.8) is 0 Å². The molecule has 1 fully saturated rings. The smallest absolute Gasteiger partial charge is 0.292 e. The molecule has 0 aromatic heterocycles. The highest BCUT2D eigenvalue weighted by Crippen LogP contribution is 2.67. The third-order valence-electron chi connectivity index (χ3n) is 6.42. The summed E-state index contributed by atoms with van der Waals surface area (Å²) in [5.74, 6) is 0. The fourth-order valence-corrected chi connectivity index (χ4v) is 8.16. The molecule has 2 aromatic rings. The Bertz CT molecular complexity index is 1050. The predicted molar refractivity (Wildman–Crippen MR) is 121 cm³/mol. The van der Waals surface area contributed by atoms with E-state index in [1.54, 1.807) is 4.78 Å². The third-order valence-corrected chi connectivity index (χ3v) is 9.39. The third kappa shape index (κ3) is 2.57. The Balaban J connectivity index is 1.73. The second-order valence-corrected chi connectivity index (χ2v) is 11.0. The summed E-state index contributed by atoms with van der Waals surface area (Å²) in [6.07, 6.45) is 4.01. The van der Waals surface area contributed by atoms with Crippen LogP contribution in [0.25, 0.3) is 0 Å². The first kappa shape index (κ1) is 18.7. The Hall–Kier alpha value is -2.36. The minimum atomic E-state index is -3.07. The van der Waals surface area contributed by atoms with Crippen molar-refractivity contribution in [3.8, 4) is 0 Å². The van der Waals surface area contributed by atoms with Gasteiger partial charge in [0.15, 0.2) is 0 Å². The largest absolute Gasteiger partial charge is 0.346 e. The molecular formula is C23H27N4OP. The summed E-state index contributed by atoms with van der Waals surface area (Å²) in [5, 5.41) is 5.58.